The highest BCUT2D eigenvalue weighted by atomic mass is 16.5. The maximum Gasteiger partial charge on any atom is 0.328 e. The Morgan fingerprint density at radius 3 is 2.94 bits per heavy atom. The molecule has 6 nitrogen and oxygen atoms in total. The number of nitriles is 1. The van der Waals surface area contributed by atoms with Gasteiger partial charge in [0.15, 0.2) is 0 Å². The fraction of sp³-hybridized carbons (Fsp3) is 0.250. The molecule has 0 bridgehead atoms. The third-order valence-corrected chi connectivity index (χ3v) is 2.80. The Kier molecular flexibility index (Phi) is 2.90. The first-order chi connectivity index (χ1) is 8.60. The summed E-state index contributed by atoms with van der Waals surface area (Å²) in [5, 5.41) is 9.00. The maximum atomic E-state index is 11.6. The van der Waals surface area contributed by atoms with Gasteiger partial charge in [-0.15, -0.1) is 0 Å². The molecule has 0 aliphatic carbocycles. The van der Waals surface area contributed by atoms with Crippen LogP contribution in [-0.2, 0) is 9.53 Å². The number of fused-ring (bicyclic) bond motifs is 1. The molecule has 0 amide bonds. The van der Waals surface area contributed by atoms with Crippen molar-refractivity contribution in [3.63, 3.8) is 0 Å². The van der Waals surface area contributed by atoms with Crippen LogP contribution in [0.2, 0.25) is 0 Å². The molecule has 1 heterocycles. The topological polar surface area (TPSA) is 93.9 Å². The summed E-state index contributed by atoms with van der Waals surface area (Å²) in [5.74, 6) is -0.228. The SMILES string of the molecule is COC(=O)C(C)n1c(N)nc2c(C#N)cccc21. The number of hydrogen-bond acceptors (Lipinski definition) is 5. The van der Waals surface area contributed by atoms with E-state index in [0.717, 1.165) is 0 Å². The average Bonchev–Trinajstić information content (AvgIpc) is 2.72. The molecule has 1 unspecified atom stereocenters. The van der Waals surface area contributed by atoms with Crippen LogP contribution in [0.4, 0.5) is 5.95 Å². The zero-order valence-corrected chi connectivity index (χ0v) is 10.0. The summed E-state index contributed by atoms with van der Waals surface area (Å²) >= 11 is 0. The molecule has 1 aromatic carbocycles. The highest BCUT2D eigenvalue weighted by Crippen LogP contribution is 2.25. The molecule has 0 aliphatic heterocycles. The predicted molar refractivity (Wildman–Crippen MR) is 65.6 cm³/mol. The number of para-hydroxylation sites is 1. The summed E-state index contributed by atoms with van der Waals surface area (Å²) in [5.41, 5.74) is 7.37. The minimum atomic E-state index is -0.589. The fourth-order valence-electron chi connectivity index (χ4n) is 1.91. The Bertz CT molecular complexity index is 654. The van der Waals surface area contributed by atoms with Gasteiger partial charge >= 0.3 is 5.97 Å². The van der Waals surface area contributed by atoms with E-state index in [2.05, 4.69) is 9.72 Å². The van der Waals surface area contributed by atoms with E-state index in [1.807, 2.05) is 6.07 Å². The normalized spacial score (nSPS) is 12.1. The molecule has 2 aromatic rings. The standard InChI is InChI=1S/C12H12N4O2/c1-7(11(17)18-2)16-9-5-3-4-8(6-13)10(9)15-12(16)14/h3-5,7H,1-2H3,(H2,14,15). The monoisotopic (exact) mass is 244 g/mol. The van der Waals surface area contributed by atoms with Crippen molar-refractivity contribution in [3.8, 4) is 6.07 Å². The number of nitrogens with zero attached hydrogens (tertiary/aromatic N) is 3. The molecule has 0 aliphatic rings. The molecule has 1 atom stereocenters. The van der Waals surface area contributed by atoms with Gasteiger partial charge in [-0.3, -0.25) is 4.57 Å². The number of aromatic nitrogens is 2. The highest BCUT2D eigenvalue weighted by molar-refractivity contribution is 5.86. The van der Waals surface area contributed by atoms with Gasteiger partial charge in [0.05, 0.1) is 18.2 Å². The Morgan fingerprint density at radius 1 is 1.61 bits per heavy atom. The lowest BCUT2D eigenvalue weighted by Crippen LogP contribution is -2.19. The summed E-state index contributed by atoms with van der Waals surface area (Å²) in [6.45, 7) is 1.67. The second-order valence-electron chi connectivity index (χ2n) is 3.82. The van der Waals surface area contributed by atoms with Crippen molar-refractivity contribution in [1.82, 2.24) is 9.55 Å². The van der Waals surface area contributed by atoms with E-state index in [9.17, 15) is 4.79 Å². The number of anilines is 1. The number of esters is 1. The van der Waals surface area contributed by atoms with Crippen LogP contribution in [-0.4, -0.2) is 22.6 Å². The molecule has 0 radical (unpaired) electrons. The summed E-state index contributed by atoms with van der Waals surface area (Å²) in [6, 6.07) is 6.60. The molecule has 0 spiro atoms. The van der Waals surface area contributed by atoms with Gasteiger partial charge in [-0.05, 0) is 19.1 Å². The predicted octanol–water partition coefficient (Wildman–Crippen LogP) is 1.22. The van der Waals surface area contributed by atoms with Crippen LogP contribution in [0.5, 0.6) is 0 Å². The largest absolute Gasteiger partial charge is 0.467 e. The lowest BCUT2D eigenvalue weighted by Gasteiger charge is -2.13. The first kappa shape index (κ1) is 11.9. The van der Waals surface area contributed by atoms with Crippen molar-refractivity contribution in [2.24, 2.45) is 0 Å². The number of nitrogen functional groups attached to an aromatic ring is 1. The smallest absolute Gasteiger partial charge is 0.328 e. The van der Waals surface area contributed by atoms with E-state index in [1.54, 1.807) is 29.7 Å². The lowest BCUT2D eigenvalue weighted by molar-refractivity contribution is -0.143. The molecule has 0 saturated carbocycles. The van der Waals surface area contributed by atoms with E-state index >= 15 is 0 Å². The molecule has 0 fully saturated rings. The number of nitrogens with two attached hydrogens (primary N) is 1. The van der Waals surface area contributed by atoms with Crippen LogP contribution in [0.15, 0.2) is 18.2 Å². The van der Waals surface area contributed by atoms with Gasteiger partial charge in [0.25, 0.3) is 0 Å². The molecule has 2 rings (SSSR count). The summed E-state index contributed by atoms with van der Waals surface area (Å²) < 4.78 is 6.25. The molecule has 2 N–H and O–H groups in total. The second-order valence-corrected chi connectivity index (χ2v) is 3.82. The number of rotatable bonds is 2. The van der Waals surface area contributed by atoms with Crippen molar-refractivity contribution in [1.29, 1.82) is 5.26 Å². The van der Waals surface area contributed by atoms with Gasteiger partial charge in [0, 0.05) is 0 Å². The van der Waals surface area contributed by atoms with Gasteiger partial charge in [-0.1, -0.05) is 6.07 Å². The van der Waals surface area contributed by atoms with Gasteiger partial charge < -0.3 is 10.5 Å². The number of benzene rings is 1. The highest BCUT2D eigenvalue weighted by Gasteiger charge is 2.21. The van der Waals surface area contributed by atoms with E-state index in [0.29, 0.717) is 16.6 Å². The van der Waals surface area contributed by atoms with Gasteiger partial charge in [-0.2, -0.15) is 5.26 Å². The first-order valence-corrected chi connectivity index (χ1v) is 5.34. The second kappa shape index (κ2) is 4.37. The van der Waals surface area contributed by atoms with Crippen LogP contribution in [0.3, 0.4) is 0 Å². The Hall–Kier alpha value is -2.55. The number of carbonyl (C=O) groups is 1. The Labute approximate surface area is 104 Å². The Morgan fingerprint density at radius 2 is 2.33 bits per heavy atom. The van der Waals surface area contributed by atoms with E-state index < -0.39 is 12.0 Å². The number of methoxy groups -OCH3 is 1. The van der Waals surface area contributed by atoms with Crippen molar-refractivity contribution in [2.45, 2.75) is 13.0 Å². The van der Waals surface area contributed by atoms with E-state index in [4.69, 9.17) is 11.0 Å². The van der Waals surface area contributed by atoms with Crippen LogP contribution >= 0.6 is 0 Å². The van der Waals surface area contributed by atoms with Crippen molar-refractivity contribution in [2.75, 3.05) is 12.8 Å². The molecule has 0 saturated heterocycles. The lowest BCUT2D eigenvalue weighted by atomic mass is 10.2. The average molecular weight is 244 g/mol. The minimum Gasteiger partial charge on any atom is -0.467 e. The van der Waals surface area contributed by atoms with Gasteiger partial charge in [0.1, 0.15) is 17.6 Å². The first-order valence-electron chi connectivity index (χ1n) is 5.34. The van der Waals surface area contributed by atoms with Crippen molar-refractivity contribution in [3.05, 3.63) is 23.8 Å². The van der Waals surface area contributed by atoms with Crippen LogP contribution in [0.25, 0.3) is 11.0 Å². The molecule has 1 aromatic heterocycles. The van der Waals surface area contributed by atoms with Gasteiger partial charge in [-0.25, -0.2) is 9.78 Å². The number of ether oxygens (including phenoxy) is 1. The van der Waals surface area contributed by atoms with Crippen LogP contribution in [0.1, 0.15) is 18.5 Å². The Balaban J connectivity index is 2.69. The third-order valence-electron chi connectivity index (χ3n) is 2.80. The summed E-state index contributed by atoms with van der Waals surface area (Å²) in [7, 11) is 1.31. The van der Waals surface area contributed by atoms with Crippen molar-refractivity contribution >= 4 is 23.0 Å². The zero-order valence-electron chi connectivity index (χ0n) is 10.0. The molecule has 6 heteroatoms. The van der Waals surface area contributed by atoms with E-state index in [1.165, 1.54) is 7.11 Å². The van der Waals surface area contributed by atoms with Crippen LogP contribution in [0, 0.1) is 11.3 Å². The molecular formula is C12H12N4O2. The number of imidazole rings is 1. The van der Waals surface area contributed by atoms with E-state index in [-0.39, 0.29) is 5.95 Å². The van der Waals surface area contributed by atoms with Crippen molar-refractivity contribution < 1.29 is 9.53 Å². The fourth-order valence-corrected chi connectivity index (χ4v) is 1.91. The maximum absolute atomic E-state index is 11.6. The van der Waals surface area contributed by atoms with Gasteiger partial charge in [0.2, 0.25) is 5.95 Å². The molecular weight excluding hydrogens is 232 g/mol. The molecule has 92 valence electrons. The zero-order chi connectivity index (χ0) is 13.3. The number of carbonyl (C=O) groups excluding carboxylic acids is 1. The quantitative estimate of drug-likeness (QED) is 0.801. The third kappa shape index (κ3) is 1.66. The van der Waals surface area contributed by atoms with Crippen LogP contribution < -0.4 is 5.73 Å². The summed E-state index contributed by atoms with van der Waals surface area (Å²) in [6.07, 6.45) is 0. The molecule has 18 heavy (non-hydrogen) atoms. The minimum absolute atomic E-state index is 0.186. The number of hydrogen-bond donors (Lipinski definition) is 1. The summed E-state index contributed by atoms with van der Waals surface area (Å²) in [4.78, 5) is 15.7.